The predicted molar refractivity (Wildman–Crippen MR) is 65.9 cm³/mol. The van der Waals surface area contributed by atoms with E-state index in [-0.39, 0.29) is 16.0 Å². The molecule has 1 aromatic carbocycles. The molecule has 0 aromatic heterocycles. The van der Waals surface area contributed by atoms with E-state index in [1.54, 1.807) is 12.1 Å². The molecule has 0 aliphatic heterocycles. The molecule has 0 N–H and O–H groups in total. The van der Waals surface area contributed by atoms with Crippen LogP contribution in [0, 0.1) is 10.1 Å². The fourth-order valence-corrected chi connectivity index (χ4v) is 1.51. The fraction of sp³-hybridized carbons (Fsp3) is 0.538. The Balaban J connectivity index is 3.36. The summed E-state index contributed by atoms with van der Waals surface area (Å²) < 4.78 is 0. The molecule has 1 aromatic rings. The van der Waals surface area contributed by atoms with Gasteiger partial charge in [0.2, 0.25) is 0 Å². The quantitative estimate of drug-likeness (QED) is 0.559. The highest BCUT2D eigenvalue weighted by Crippen LogP contribution is 2.30. The van der Waals surface area contributed by atoms with Crippen molar-refractivity contribution in [2.24, 2.45) is 0 Å². The Hall–Kier alpha value is -1.38. The first-order chi connectivity index (χ1) is 7.21. The van der Waals surface area contributed by atoms with Crippen LogP contribution in [0.25, 0.3) is 0 Å². The third kappa shape index (κ3) is 2.81. The molecule has 0 fully saturated rings. The van der Waals surface area contributed by atoms with Crippen molar-refractivity contribution in [3.63, 3.8) is 0 Å². The van der Waals surface area contributed by atoms with Gasteiger partial charge in [0.25, 0.3) is 5.69 Å². The Kier molecular flexibility index (Phi) is 3.36. The average molecular weight is 221 g/mol. The topological polar surface area (TPSA) is 43.1 Å². The van der Waals surface area contributed by atoms with E-state index >= 15 is 0 Å². The van der Waals surface area contributed by atoms with Crippen molar-refractivity contribution in [1.82, 2.24) is 0 Å². The third-order valence-corrected chi connectivity index (χ3v) is 2.68. The minimum atomic E-state index is -0.318. The molecule has 0 radical (unpaired) electrons. The van der Waals surface area contributed by atoms with E-state index in [2.05, 4.69) is 26.8 Å². The summed E-state index contributed by atoms with van der Waals surface area (Å²) in [4.78, 5) is 10.5. The molecule has 0 bridgehead atoms. The van der Waals surface area contributed by atoms with Crippen LogP contribution in [0.1, 0.15) is 51.7 Å². The molecule has 0 saturated heterocycles. The van der Waals surface area contributed by atoms with Crippen molar-refractivity contribution in [2.45, 2.75) is 46.0 Å². The number of benzene rings is 1. The smallest absolute Gasteiger partial charge is 0.258 e. The lowest BCUT2D eigenvalue weighted by molar-refractivity contribution is -0.385. The summed E-state index contributed by atoms with van der Waals surface area (Å²) in [6.45, 7) is 10.3. The maximum absolute atomic E-state index is 10.9. The van der Waals surface area contributed by atoms with Crippen molar-refractivity contribution in [3.05, 3.63) is 39.4 Å². The van der Waals surface area contributed by atoms with Crippen LogP contribution in [0.3, 0.4) is 0 Å². The van der Waals surface area contributed by atoms with Crippen molar-refractivity contribution in [3.8, 4) is 0 Å². The SMILES string of the molecule is CC(C)c1cc([N+](=O)[O-])cc(C(C)(C)C)c1. The largest absolute Gasteiger partial charge is 0.270 e. The standard InChI is InChI=1S/C13H19NO2/c1-9(2)10-6-11(13(3,4)5)8-12(7-10)14(15)16/h6-9H,1-5H3. The number of rotatable bonds is 2. The van der Waals surface area contributed by atoms with Crippen LogP contribution in [0.5, 0.6) is 0 Å². The zero-order valence-corrected chi connectivity index (χ0v) is 10.6. The van der Waals surface area contributed by atoms with E-state index < -0.39 is 0 Å². The molecule has 0 heterocycles. The van der Waals surface area contributed by atoms with Crippen LogP contribution in [0.15, 0.2) is 18.2 Å². The number of non-ortho nitro benzene ring substituents is 1. The minimum absolute atomic E-state index is 0.0599. The van der Waals surface area contributed by atoms with Crippen LogP contribution >= 0.6 is 0 Å². The van der Waals surface area contributed by atoms with Gasteiger partial charge in [0.15, 0.2) is 0 Å². The Bertz CT molecular complexity index is 403. The van der Waals surface area contributed by atoms with Gasteiger partial charge in [0.05, 0.1) is 4.92 Å². The van der Waals surface area contributed by atoms with Gasteiger partial charge in [-0.3, -0.25) is 10.1 Å². The maximum atomic E-state index is 10.9. The summed E-state index contributed by atoms with van der Waals surface area (Å²) in [5.74, 6) is 0.306. The second kappa shape index (κ2) is 4.24. The monoisotopic (exact) mass is 221 g/mol. The van der Waals surface area contributed by atoms with Gasteiger partial charge in [0, 0.05) is 12.1 Å². The van der Waals surface area contributed by atoms with Gasteiger partial charge in [-0.05, 0) is 22.5 Å². The molecule has 0 aliphatic carbocycles. The van der Waals surface area contributed by atoms with Crippen LogP contribution in [-0.4, -0.2) is 4.92 Å². The zero-order valence-electron chi connectivity index (χ0n) is 10.6. The summed E-state index contributed by atoms with van der Waals surface area (Å²) in [5, 5.41) is 10.9. The summed E-state index contributed by atoms with van der Waals surface area (Å²) >= 11 is 0. The molecule has 3 heteroatoms. The first-order valence-corrected chi connectivity index (χ1v) is 5.51. The third-order valence-electron chi connectivity index (χ3n) is 2.68. The van der Waals surface area contributed by atoms with E-state index in [0.717, 1.165) is 11.1 Å². The molecule has 0 saturated carbocycles. The molecular weight excluding hydrogens is 202 g/mol. The average Bonchev–Trinajstić information content (AvgIpc) is 2.15. The summed E-state index contributed by atoms with van der Waals surface area (Å²) in [6.07, 6.45) is 0. The molecule has 0 amide bonds. The van der Waals surface area contributed by atoms with Gasteiger partial charge >= 0.3 is 0 Å². The molecule has 16 heavy (non-hydrogen) atoms. The summed E-state index contributed by atoms with van der Waals surface area (Å²) in [5.41, 5.74) is 2.18. The van der Waals surface area contributed by atoms with Gasteiger partial charge < -0.3 is 0 Å². The first kappa shape index (κ1) is 12.7. The van der Waals surface area contributed by atoms with Crippen molar-refractivity contribution in [2.75, 3.05) is 0 Å². The highest BCUT2D eigenvalue weighted by Gasteiger charge is 2.19. The fourth-order valence-electron chi connectivity index (χ4n) is 1.51. The van der Waals surface area contributed by atoms with E-state index in [4.69, 9.17) is 0 Å². The van der Waals surface area contributed by atoms with E-state index in [1.807, 2.05) is 13.8 Å². The van der Waals surface area contributed by atoms with Crippen LogP contribution in [-0.2, 0) is 5.41 Å². The molecule has 0 aliphatic rings. The molecule has 1 rings (SSSR count). The Morgan fingerprint density at radius 2 is 1.75 bits per heavy atom. The first-order valence-electron chi connectivity index (χ1n) is 5.51. The minimum Gasteiger partial charge on any atom is -0.258 e. The second-order valence-electron chi connectivity index (χ2n) is 5.48. The molecule has 3 nitrogen and oxygen atoms in total. The van der Waals surface area contributed by atoms with E-state index in [0.29, 0.717) is 5.92 Å². The van der Waals surface area contributed by atoms with Gasteiger partial charge in [0.1, 0.15) is 0 Å². The molecule has 0 unspecified atom stereocenters. The maximum Gasteiger partial charge on any atom is 0.270 e. The lowest BCUT2D eigenvalue weighted by atomic mass is 9.84. The summed E-state index contributed by atoms with van der Waals surface area (Å²) in [7, 11) is 0. The molecule has 0 spiro atoms. The van der Waals surface area contributed by atoms with Crippen molar-refractivity contribution >= 4 is 5.69 Å². The van der Waals surface area contributed by atoms with Crippen molar-refractivity contribution < 1.29 is 4.92 Å². The normalized spacial score (nSPS) is 11.9. The predicted octanol–water partition coefficient (Wildman–Crippen LogP) is 4.02. The van der Waals surface area contributed by atoms with Gasteiger partial charge in [-0.1, -0.05) is 40.7 Å². The van der Waals surface area contributed by atoms with Gasteiger partial charge in [-0.2, -0.15) is 0 Å². The van der Waals surface area contributed by atoms with Crippen LogP contribution < -0.4 is 0 Å². The molecule has 88 valence electrons. The van der Waals surface area contributed by atoms with Gasteiger partial charge in [-0.25, -0.2) is 0 Å². The van der Waals surface area contributed by atoms with Crippen LogP contribution in [0.4, 0.5) is 5.69 Å². The molecular formula is C13H19NO2. The van der Waals surface area contributed by atoms with Gasteiger partial charge in [-0.15, -0.1) is 0 Å². The van der Waals surface area contributed by atoms with E-state index in [9.17, 15) is 10.1 Å². The number of nitro benzene ring substituents is 1. The van der Waals surface area contributed by atoms with Crippen LogP contribution in [0.2, 0.25) is 0 Å². The second-order valence-corrected chi connectivity index (χ2v) is 5.48. The Morgan fingerprint density at radius 1 is 1.19 bits per heavy atom. The highest BCUT2D eigenvalue weighted by atomic mass is 16.6. The Morgan fingerprint density at radius 3 is 2.12 bits per heavy atom. The lowest BCUT2D eigenvalue weighted by Gasteiger charge is -2.20. The number of hydrogen-bond acceptors (Lipinski definition) is 2. The number of hydrogen-bond donors (Lipinski definition) is 0. The van der Waals surface area contributed by atoms with E-state index in [1.165, 1.54) is 0 Å². The lowest BCUT2D eigenvalue weighted by Crippen LogP contribution is -2.12. The number of nitro groups is 1. The highest BCUT2D eigenvalue weighted by molar-refractivity contribution is 5.43. The number of nitrogens with zero attached hydrogens (tertiary/aromatic N) is 1. The molecule has 0 atom stereocenters. The zero-order chi connectivity index (χ0) is 12.5. The van der Waals surface area contributed by atoms with Crippen molar-refractivity contribution in [1.29, 1.82) is 0 Å². The summed E-state index contributed by atoms with van der Waals surface area (Å²) in [6, 6.07) is 5.41. The Labute approximate surface area is 96.6 Å².